The third-order valence-electron chi connectivity index (χ3n) is 3.73. The van der Waals surface area contributed by atoms with Crippen LogP contribution in [-0.4, -0.2) is 21.0 Å². The van der Waals surface area contributed by atoms with Crippen molar-refractivity contribution in [2.75, 3.05) is 0 Å². The van der Waals surface area contributed by atoms with Crippen LogP contribution in [0.15, 0.2) is 60.1 Å². The van der Waals surface area contributed by atoms with Crippen LogP contribution in [0.25, 0.3) is 32.7 Å². The number of rotatable bonds is 3. The van der Waals surface area contributed by atoms with Crippen LogP contribution in [0.1, 0.15) is 10.4 Å². The molecule has 112 valence electrons. The maximum absolute atomic E-state index is 11.1. The number of H-pyrrole nitrogens is 1. The van der Waals surface area contributed by atoms with E-state index in [2.05, 4.69) is 16.0 Å². The molecule has 0 aliphatic rings. The molecular formula is C18H12N2O2S. The van der Waals surface area contributed by atoms with Crippen molar-refractivity contribution in [1.29, 1.82) is 0 Å². The van der Waals surface area contributed by atoms with Crippen molar-refractivity contribution < 1.29 is 9.90 Å². The van der Waals surface area contributed by atoms with Crippen molar-refractivity contribution in [2.45, 2.75) is 0 Å². The van der Waals surface area contributed by atoms with Crippen molar-refractivity contribution in [3.8, 4) is 21.8 Å². The Labute approximate surface area is 136 Å². The molecule has 0 unspecified atom stereocenters. The number of aromatic amines is 1. The third kappa shape index (κ3) is 2.41. The highest BCUT2D eigenvalue weighted by atomic mass is 32.1. The molecule has 0 fully saturated rings. The lowest BCUT2D eigenvalue weighted by atomic mass is 10.1. The Hall–Kier alpha value is -2.92. The molecule has 0 bridgehead atoms. The number of benzene rings is 2. The molecule has 2 aromatic heterocycles. The standard InChI is InChI=1S/C18H12N2O2S/c21-18(22)12-5-3-4-11(8-12)17-20-16(10-23-17)14-9-19-15-7-2-1-6-13(14)15/h1-10,19H,(H,21,22). The molecule has 4 rings (SSSR count). The van der Waals surface area contributed by atoms with Gasteiger partial charge in [0.25, 0.3) is 0 Å². The molecule has 0 radical (unpaired) electrons. The summed E-state index contributed by atoms with van der Waals surface area (Å²) >= 11 is 1.51. The zero-order valence-electron chi connectivity index (χ0n) is 12.0. The van der Waals surface area contributed by atoms with Gasteiger partial charge in [0, 0.05) is 33.6 Å². The number of fused-ring (bicyclic) bond motifs is 1. The number of para-hydroxylation sites is 1. The summed E-state index contributed by atoms with van der Waals surface area (Å²) < 4.78 is 0. The molecule has 0 saturated carbocycles. The molecule has 23 heavy (non-hydrogen) atoms. The van der Waals surface area contributed by atoms with Crippen molar-refractivity contribution in [1.82, 2.24) is 9.97 Å². The second-order valence-corrected chi connectivity index (χ2v) is 6.03. The van der Waals surface area contributed by atoms with Gasteiger partial charge in [-0.15, -0.1) is 11.3 Å². The van der Waals surface area contributed by atoms with E-state index in [0.717, 1.165) is 32.7 Å². The molecule has 0 spiro atoms. The third-order valence-corrected chi connectivity index (χ3v) is 4.62. The van der Waals surface area contributed by atoms with Gasteiger partial charge in [-0.1, -0.05) is 30.3 Å². The summed E-state index contributed by atoms with van der Waals surface area (Å²) in [5, 5.41) is 13.0. The molecule has 2 N–H and O–H groups in total. The average Bonchev–Trinajstić information content (AvgIpc) is 3.21. The Balaban J connectivity index is 1.77. The normalized spacial score (nSPS) is 11.0. The number of carboxylic acid groups (broad SMARTS) is 1. The highest BCUT2D eigenvalue weighted by Gasteiger charge is 2.12. The quantitative estimate of drug-likeness (QED) is 0.577. The van der Waals surface area contributed by atoms with Gasteiger partial charge in [-0.3, -0.25) is 0 Å². The van der Waals surface area contributed by atoms with E-state index in [-0.39, 0.29) is 5.56 Å². The minimum Gasteiger partial charge on any atom is -0.478 e. The van der Waals surface area contributed by atoms with Gasteiger partial charge < -0.3 is 10.1 Å². The summed E-state index contributed by atoms with van der Waals surface area (Å²) in [6.45, 7) is 0. The first-order chi connectivity index (χ1) is 11.2. The van der Waals surface area contributed by atoms with E-state index in [0.29, 0.717) is 0 Å². The van der Waals surface area contributed by atoms with E-state index in [4.69, 9.17) is 5.11 Å². The predicted octanol–water partition coefficient (Wildman–Crippen LogP) is 4.66. The first-order valence-electron chi connectivity index (χ1n) is 7.08. The Bertz CT molecular complexity index is 1020. The fourth-order valence-electron chi connectivity index (χ4n) is 2.60. The Morgan fingerprint density at radius 2 is 2.00 bits per heavy atom. The Kier molecular flexibility index (Phi) is 3.20. The molecule has 4 aromatic rings. The summed E-state index contributed by atoms with van der Waals surface area (Å²) in [7, 11) is 0. The van der Waals surface area contributed by atoms with Gasteiger partial charge in [0.05, 0.1) is 11.3 Å². The van der Waals surface area contributed by atoms with Gasteiger partial charge in [0.2, 0.25) is 0 Å². The van der Waals surface area contributed by atoms with E-state index in [1.165, 1.54) is 11.3 Å². The van der Waals surface area contributed by atoms with Crippen LogP contribution in [0.4, 0.5) is 0 Å². The first kappa shape index (κ1) is 13.7. The number of thiazole rings is 1. The highest BCUT2D eigenvalue weighted by molar-refractivity contribution is 7.13. The van der Waals surface area contributed by atoms with Crippen molar-refractivity contribution >= 4 is 28.2 Å². The number of nitrogens with zero attached hydrogens (tertiary/aromatic N) is 1. The highest BCUT2D eigenvalue weighted by Crippen LogP contribution is 2.33. The second-order valence-electron chi connectivity index (χ2n) is 5.17. The van der Waals surface area contributed by atoms with Crippen LogP contribution in [-0.2, 0) is 0 Å². The van der Waals surface area contributed by atoms with Gasteiger partial charge >= 0.3 is 5.97 Å². The molecule has 0 aliphatic carbocycles. The van der Waals surface area contributed by atoms with Gasteiger partial charge in [-0.05, 0) is 18.2 Å². The van der Waals surface area contributed by atoms with Gasteiger partial charge in [0.15, 0.2) is 0 Å². The van der Waals surface area contributed by atoms with E-state index in [1.54, 1.807) is 18.2 Å². The van der Waals surface area contributed by atoms with Crippen molar-refractivity contribution in [3.05, 3.63) is 65.7 Å². The van der Waals surface area contributed by atoms with E-state index in [1.807, 2.05) is 35.8 Å². The SMILES string of the molecule is O=C(O)c1cccc(-c2nc(-c3c[nH]c4ccccc34)cs2)c1. The molecule has 0 saturated heterocycles. The summed E-state index contributed by atoms with van der Waals surface area (Å²) in [6.07, 6.45) is 1.96. The zero-order chi connectivity index (χ0) is 15.8. The minimum atomic E-state index is -0.930. The second kappa shape index (κ2) is 5.37. The van der Waals surface area contributed by atoms with Crippen LogP contribution in [0, 0.1) is 0 Å². The fraction of sp³-hybridized carbons (Fsp3) is 0. The lowest BCUT2D eigenvalue weighted by Gasteiger charge is -1.98. The van der Waals surface area contributed by atoms with E-state index >= 15 is 0 Å². The molecule has 4 nitrogen and oxygen atoms in total. The van der Waals surface area contributed by atoms with Crippen LogP contribution in [0.5, 0.6) is 0 Å². The number of aromatic carboxylic acids is 1. The summed E-state index contributed by atoms with van der Waals surface area (Å²) in [4.78, 5) is 19.0. The van der Waals surface area contributed by atoms with Crippen LogP contribution in [0.2, 0.25) is 0 Å². The number of hydrogen-bond acceptors (Lipinski definition) is 3. The number of carboxylic acids is 1. The molecular weight excluding hydrogens is 308 g/mol. The monoisotopic (exact) mass is 320 g/mol. The largest absolute Gasteiger partial charge is 0.478 e. The number of nitrogens with one attached hydrogen (secondary N) is 1. The maximum Gasteiger partial charge on any atom is 0.335 e. The maximum atomic E-state index is 11.1. The summed E-state index contributed by atoms with van der Waals surface area (Å²) in [6, 6.07) is 14.9. The van der Waals surface area contributed by atoms with Crippen molar-refractivity contribution in [2.24, 2.45) is 0 Å². The van der Waals surface area contributed by atoms with Crippen molar-refractivity contribution in [3.63, 3.8) is 0 Å². The fourth-order valence-corrected chi connectivity index (χ4v) is 3.42. The molecule has 0 aliphatic heterocycles. The lowest BCUT2D eigenvalue weighted by molar-refractivity contribution is 0.0697. The number of hydrogen-bond donors (Lipinski definition) is 2. The smallest absolute Gasteiger partial charge is 0.335 e. The van der Waals surface area contributed by atoms with E-state index in [9.17, 15) is 4.79 Å². The van der Waals surface area contributed by atoms with Crippen LogP contribution < -0.4 is 0 Å². The molecule has 2 aromatic carbocycles. The minimum absolute atomic E-state index is 0.270. The predicted molar refractivity (Wildman–Crippen MR) is 91.8 cm³/mol. The van der Waals surface area contributed by atoms with Gasteiger partial charge in [-0.25, -0.2) is 9.78 Å². The Morgan fingerprint density at radius 3 is 2.87 bits per heavy atom. The number of aromatic nitrogens is 2. The van der Waals surface area contributed by atoms with Crippen LogP contribution in [0.3, 0.4) is 0 Å². The van der Waals surface area contributed by atoms with E-state index < -0.39 is 5.97 Å². The van der Waals surface area contributed by atoms with Gasteiger partial charge in [-0.2, -0.15) is 0 Å². The molecule has 5 heteroatoms. The molecule has 0 amide bonds. The lowest BCUT2D eigenvalue weighted by Crippen LogP contribution is -1.95. The average molecular weight is 320 g/mol. The Morgan fingerprint density at radius 1 is 1.13 bits per heavy atom. The van der Waals surface area contributed by atoms with Gasteiger partial charge in [0.1, 0.15) is 5.01 Å². The summed E-state index contributed by atoms with van der Waals surface area (Å²) in [5.41, 5.74) is 4.11. The number of carbonyl (C=O) groups is 1. The van der Waals surface area contributed by atoms with Crippen LogP contribution >= 0.6 is 11.3 Å². The zero-order valence-corrected chi connectivity index (χ0v) is 12.8. The topological polar surface area (TPSA) is 66.0 Å². The molecule has 0 atom stereocenters. The first-order valence-corrected chi connectivity index (χ1v) is 7.96. The summed E-state index contributed by atoms with van der Waals surface area (Å²) in [5.74, 6) is -0.930. The molecule has 2 heterocycles.